The quantitative estimate of drug-likeness (QED) is 0.410. The molecule has 3 aromatic carbocycles. The molecule has 1 atom stereocenters. The highest BCUT2D eigenvalue weighted by atomic mass is 16.5. The number of aromatic nitrogens is 1. The summed E-state index contributed by atoms with van der Waals surface area (Å²) in [5, 5.41) is 22.4. The van der Waals surface area contributed by atoms with Gasteiger partial charge in [-0.1, -0.05) is 30.3 Å². The van der Waals surface area contributed by atoms with Crippen molar-refractivity contribution in [3.63, 3.8) is 0 Å². The molecule has 0 aliphatic rings. The van der Waals surface area contributed by atoms with E-state index in [9.17, 15) is 5.26 Å². The molecule has 1 N–H and O–H groups in total. The molecule has 7 heteroatoms. The van der Waals surface area contributed by atoms with Crippen molar-refractivity contribution in [3.8, 4) is 29.8 Å². The van der Waals surface area contributed by atoms with Crippen LogP contribution in [0.2, 0.25) is 0 Å². The molecule has 0 saturated carbocycles. The lowest BCUT2D eigenvalue weighted by molar-refractivity contribution is 0.414. The van der Waals surface area contributed by atoms with Crippen LogP contribution < -0.4 is 19.5 Å². The van der Waals surface area contributed by atoms with Crippen molar-refractivity contribution >= 4 is 16.6 Å². The van der Waals surface area contributed by atoms with E-state index >= 15 is 0 Å². The Morgan fingerprint density at radius 2 is 1.56 bits per heavy atom. The van der Waals surface area contributed by atoms with Gasteiger partial charge < -0.3 is 19.5 Å². The molecule has 4 aromatic rings. The normalized spacial score (nSPS) is 11.1. The molecule has 7 nitrogen and oxygen atoms in total. The molecule has 0 amide bonds. The fourth-order valence-electron chi connectivity index (χ4n) is 3.49. The molecule has 0 spiro atoms. The number of methoxy groups -OCH3 is 1. The first kappa shape index (κ1) is 20.5. The molecule has 0 fully saturated rings. The van der Waals surface area contributed by atoms with Gasteiger partial charge in [-0.3, -0.25) is 4.98 Å². The topological polar surface area (TPSA) is 100 Å². The van der Waals surface area contributed by atoms with Crippen LogP contribution in [-0.4, -0.2) is 12.1 Å². The van der Waals surface area contributed by atoms with Crippen LogP contribution in [0.1, 0.15) is 17.2 Å². The first-order chi connectivity index (χ1) is 15.7. The predicted octanol–water partition coefficient (Wildman–Crippen LogP) is 5.16. The zero-order valence-corrected chi connectivity index (χ0v) is 17.1. The average Bonchev–Trinajstić information content (AvgIpc) is 2.84. The third-order valence-electron chi connectivity index (χ3n) is 5.00. The van der Waals surface area contributed by atoms with E-state index in [-0.39, 0.29) is 6.04 Å². The number of nitriles is 2. The van der Waals surface area contributed by atoms with Gasteiger partial charge in [-0.05, 0) is 48.0 Å². The highest BCUT2D eigenvalue weighted by molar-refractivity contribution is 5.86. The van der Waals surface area contributed by atoms with Crippen LogP contribution in [0.3, 0.4) is 0 Å². The van der Waals surface area contributed by atoms with Crippen LogP contribution in [0.25, 0.3) is 10.9 Å². The van der Waals surface area contributed by atoms with Gasteiger partial charge in [-0.25, -0.2) is 0 Å². The lowest BCUT2D eigenvalue weighted by Gasteiger charge is -2.23. The van der Waals surface area contributed by atoms with Crippen molar-refractivity contribution in [3.05, 3.63) is 90.1 Å². The summed E-state index contributed by atoms with van der Waals surface area (Å²) in [6, 6.07) is 21.9. The summed E-state index contributed by atoms with van der Waals surface area (Å²) < 4.78 is 15.6. The molecule has 0 aliphatic heterocycles. The number of hydrogen-bond acceptors (Lipinski definition) is 7. The maximum atomic E-state index is 9.32. The van der Waals surface area contributed by atoms with Gasteiger partial charge in [-0.15, -0.1) is 10.5 Å². The average molecular weight is 422 g/mol. The number of anilines is 1. The number of fused-ring (bicyclic) bond motifs is 1. The first-order valence-corrected chi connectivity index (χ1v) is 9.73. The van der Waals surface area contributed by atoms with Gasteiger partial charge in [-0.2, -0.15) is 0 Å². The highest BCUT2D eigenvalue weighted by Crippen LogP contribution is 2.38. The van der Waals surface area contributed by atoms with Crippen LogP contribution in [0.15, 0.2) is 79.0 Å². The van der Waals surface area contributed by atoms with E-state index in [0.717, 1.165) is 28.0 Å². The van der Waals surface area contributed by atoms with E-state index in [4.69, 9.17) is 19.5 Å². The molecule has 0 bridgehead atoms. The summed E-state index contributed by atoms with van der Waals surface area (Å²) in [5.74, 6) is 1.57. The molecule has 0 radical (unpaired) electrons. The van der Waals surface area contributed by atoms with Gasteiger partial charge in [0.2, 0.25) is 0 Å². The molecule has 156 valence electrons. The van der Waals surface area contributed by atoms with E-state index in [2.05, 4.69) is 10.3 Å². The molecule has 4 rings (SSSR count). The minimum absolute atomic E-state index is 0.363. The van der Waals surface area contributed by atoms with Gasteiger partial charge in [0.25, 0.3) is 12.5 Å². The molecular weight excluding hydrogens is 404 g/mol. The zero-order chi connectivity index (χ0) is 22.3. The second-order valence-electron chi connectivity index (χ2n) is 6.82. The van der Waals surface area contributed by atoms with E-state index < -0.39 is 0 Å². The van der Waals surface area contributed by atoms with Crippen LogP contribution in [0.4, 0.5) is 5.69 Å². The number of benzene rings is 3. The number of ether oxygens (including phenoxy) is 3. The molecule has 1 heterocycles. The number of rotatable bonds is 7. The molecular formula is C25H18N4O3. The SMILES string of the molecule is COc1ccc(C(Nc2ccc(OC#N)cc2)c2ccc3cccnc3c2OC#N)cc1. The second-order valence-corrected chi connectivity index (χ2v) is 6.82. The fourth-order valence-corrected chi connectivity index (χ4v) is 3.49. The maximum Gasteiger partial charge on any atom is 0.292 e. The smallest absolute Gasteiger partial charge is 0.292 e. The lowest BCUT2D eigenvalue weighted by atomic mass is 9.95. The van der Waals surface area contributed by atoms with Gasteiger partial charge in [0.15, 0.2) is 5.75 Å². The van der Waals surface area contributed by atoms with Crippen LogP contribution >= 0.6 is 0 Å². The van der Waals surface area contributed by atoms with E-state index in [1.54, 1.807) is 37.9 Å². The first-order valence-electron chi connectivity index (χ1n) is 9.73. The molecule has 1 unspecified atom stereocenters. The number of hydrogen-bond donors (Lipinski definition) is 1. The number of pyridine rings is 1. The Labute approximate surface area is 185 Å². The Kier molecular flexibility index (Phi) is 6.01. The van der Waals surface area contributed by atoms with Gasteiger partial charge in [0.1, 0.15) is 17.0 Å². The summed E-state index contributed by atoms with van der Waals surface area (Å²) in [5.41, 5.74) is 3.08. The summed E-state index contributed by atoms with van der Waals surface area (Å²) in [6.07, 6.45) is 5.12. The largest absolute Gasteiger partial charge is 0.497 e. The fraction of sp³-hybridized carbons (Fsp3) is 0.0800. The minimum atomic E-state index is -0.363. The summed E-state index contributed by atoms with van der Waals surface area (Å²) in [6.45, 7) is 0. The third-order valence-corrected chi connectivity index (χ3v) is 5.00. The Morgan fingerprint density at radius 1 is 0.844 bits per heavy atom. The van der Waals surface area contributed by atoms with Crippen molar-refractivity contribution in [1.29, 1.82) is 10.5 Å². The summed E-state index contributed by atoms with van der Waals surface area (Å²) in [7, 11) is 1.61. The van der Waals surface area contributed by atoms with E-state index in [1.807, 2.05) is 60.7 Å². The second kappa shape index (κ2) is 9.38. The molecule has 1 aromatic heterocycles. The number of nitrogens with one attached hydrogen (secondary N) is 1. The standard InChI is InChI=1S/C25H18N4O3/c1-30-20-9-4-18(5-10-20)23(29-19-7-11-21(12-8-19)31-15-26)22-13-6-17-3-2-14-28-24(17)25(22)32-16-27/h2-14,23,29H,1H3. The summed E-state index contributed by atoms with van der Waals surface area (Å²) >= 11 is 0. The Hall–Kier alpha value is -4.75. The van der Waals surface area contributed by atoms with Crippen molar-refractivity contribution in [2.75, 3.05) is 12.4 Å². The molecule has 0 aliphatic carbocycles. The molecule has 0 saturated heterocycles. The van der Waals surface area contributed by atoms with Crippen LogP contribution in [0.5, 0.6) is 17.2 Å². The summed E-state index contributed by atoms with van der Waals surface area (Å²) in [4.78, 5) is 4.43. The van der Waals surface area contributed by atoms with Gasteiger partial charge in [0.05, 0.1) is 13.2 Å². The third kappa shape index (κ3) is 4.23. The van der Waals surface area contributed by atoms with Crippen LogP contribution in [0, 0.1) is 23.0 Å². The minimum Gasteiger partial charge on any atom is -0.497 e. The van der Waals surface area contributed by atoms with E-state index in [1.165, 1.54) is 0 Å². The Bertz CT molecular complexity index is 1310. The van der Waals surface area contributed by atoms with Crippen molar-refractivity contribution in [2.45, 2.75) is 6.04 Å². The van der Waals surface area contributed by atoms with Crippen LogP contribution in [-0.2, 0) is 0 Å². The molecule has 32 heavy (non-hydrogen) atoms. The monoisotopic (exact) mass is 422 g/mol. The number of nitrogens with zero attached hydrogens (tertiary/aromatic N) is 3. The zero-order valence-electron chi connectivity index (χ0n) is 17.1. The van der Waals surface area contributed by atoms with Gasteiger partial charge in [0, 0.05) is 22.8 Å². The van der Waals surface area contributed by atoms with Crippen molar-refractivity contribution in [2.24, 2.45) is 0 Å². The predicted molar refractivity (Wildman–Crippen MR) is 119 cm³/mol. The Balaban J connectivity index is 1.82. The van der Waals surface area contributed by atoms with Crippen molar-refractivity contribution < 1.29 is 14.2 Å². The van der Waals surface area contributed by atoms with Crippen molar-refractivity contribution in [1.82, 2.24) is 4.98 Å². The maximum absolute atomic E-state index is 9.32. The Morgan fingerprint density at radius 3 is 2.25 bits per heavy atom. The van der Waals surface area contributed by atoms with E-state index in [0.29, 0.717) is 17.0 Å². The highest BCUT2D eigenvalue weighted by Gasteiger charge is 2.22. The van der Waals surface area contributed by atoms with Gasteiger partial charge >= 0.3 is 0 Å². The lowest BCUT2D eigenvalue weighted by Crippen LogP contribution is -2.14.